The van der Waals surface area contributed by atoms with Crippen LogP contribution in [0.4, 0.5) is 11.5 Å². The molecular formula is C14H19N3O3. The summed E-state index contributed by atoms with van der Waals surface area (Å²) < 4.78 is 5.33. The van der Waals surface area contributed by atoms with Crippen LogP contribution in [0.3, 0.4) is 0 Å². The normalized spacial score (nSPS) is 23.4. The summed E-state index contributed by atoms with van der Waals surface area (Å²) in [5.74, 6) is 0.738. The van der Waals surface area contributed by atoms with Crippen molar-refractivity contribution in [1.29, 1.82) is 0 Å². The molecule has 1 amide bonds. The van der Waals surface area contributed by atoms with Crippen molar-refractivity contribution < 1.29 is 14.6 Å². The largest absolute Gasteiger partial charge is 0.396 e. The van der Waals surface area contributed by atoms with Crippen LogP contribution in [-0.4, -0.2) is 55.5 Å². The number of ether oxygens (including phenoxy) is 1. The third kappa shape index (κ3) is 2.62. The van der Waals surface area contributed by atoms with E-state index in [4.69, 9.17) is 9.84 Å². The zero-order chi connectivity index (χ0) is 13.9. The molecule has 3 heterocycles. The summed E-state index contributed by atoms with van der Waals surface area (Å²) in [6, 6.07) is 3.87. The van der Waals surface area contributed by atoms with Crippen LogP contribution < -0.4 is 9.80 Å². The van der Waals surface area contributed by atoms with Gasteiger partial charge in [0.25, 0.3) is 0 Å². The number of pyridine rings is 1. The van der Waals surface area contributed by atoms with Crippen molar-refractivity contribution >= 4 is 17.4 Å². The molecule has 1 unspecified atom stereocenters. The second-order valence-corrected chi connectivity index (χ2v) is 5.23. The van der Waals surface area contributed by atoms with Crippen LogP contribution >= 0.6 is 0 Å². The van der Waals surface area contributed by atoms with Crippen LogP contribution in [-0.2, 0) is 9.53 Å². The van der Waals surface area contributed by atoms with Crippen molar-refractivity contribution in [3.63, 3.8) is 0 Å². The lowest BCUT2D eigenvalue weighted by atomic mass is 10.1. The topological polar surface area (TPSA) is 65.9 Å². The molecule has 20 heavy (non-hydrogen) atoms. The van der Waals surface area contributed by atoms with Gasteiger partial charge in [-0.05, 0) is 12.1 Å². The van der Waals surface area contributed by atoms with Crippen molar-refractivity contribution in [2.75, 3.05) is 49.3 Å². The summed E-state index contributed by atoms with van der Waals surface area (Å²) in [5, 5.41) is 9.14. The molecule has 1 aromatic heterocycles. The number of amides is 1. The number of nitrogens with zero attached hydrogens (tertiary/aromatic N) is 3. The van der Waals surface area contributed by atoms with Gasteiger partial charge < -0.3 is 14.7 Å². The second-order valence-electron chi connectivity index (χ2n) is 5.23. The standard InChI is InChI=1S/C14H19N3O3/c18-10-11-7-14(19)17(9-11)13-2-1-12(8-15-13)16-3-5-20-6-4-16/h1-2,8,11,18H,3-7,9-10H2. The van der Waals surface area contributed by atoms with E-state index >= 15 is 0 Å². The Morgan fingerprint density at radius 2 is 2.15 bits per heavy atom. The molecular weight excluding hydrogens is 258 g/mol. The predicted molar refractivity (Wildman–Crippen MR) is 74.8 cm³/mol. The molecule has 0 aromatic carbocycles. The fourth-order valence-electron chi connectivity index (χ4n) is 2.67. The number of carbonyl (C=O) groups is 1. The third-order valence-corrected chi connectivity index (χ3v) is 3.85. The van der Waals surface area contributed by atoms with Gasteiger partial charge in [0.2, 0.25) is 5.91 Å². The maximum Gasteiger partial charge on any atom is 0.228 e. The van der Waals surface area contributed by atoms with Gasteiger partial charge in [0.05, 0.1) is 25.1 Å². The maximum atomic E-state index is 11.9. The van der Waals surface area contributed by atoms with Gasteiger partial charge in [-0.3, -0.25) is 9.69 Å². The summed E-state index contributed by atoms with van der Waals surface area (Å²) in [4.78, 5) is 20.2. The van der Waals surface area contributed by atoms with E-state index in [0.29, 0.717) is 18.8 Å². The van der Waals surface area contributed by atoms with E-state index in [1.807, 2.05) is 12.1 Å². The van der Waals surface area contributed by atoms with Gasteiger partial charge in [0.1, 0.15) is 5.82 Å². The van der Waals surface area contributed by atoms with Crippen LogP contribution in [0.1, 0.15) is 6.42 Å². The van der Waals surface area contributed by atoms with Crippen molar-refractivity contribution in [2.24, 2.45) is 5.92 Å². The van der Waals surface area contributed by atoms with E-state index < -0.39 is 0 Å². The number of morpholine rings is 1. The molecule has 2 saturated heterocycles. The molecule has 2 aliphatic heterocycles. The Balaban J connectivity index is 1.71. The molecule has 1 aromatic rings. The van der Waals surface area contributed by atoms with E-state index in [2.05, 4.69) is 9.88 Å². The van der Waals surface area contributed by atoms with E-state index in [1.165, 1.54) is 0 Å². The fraction of sp³-hybridized carbons (Fsp3) is 0.571. The smallest absolute Gasteiger partial charge is 0.228 e. The first kappa shape index (κ1) is 13.3. The molecule has 0 radical (unpaired) electrons. The highest BCUT2D eigenvalue weighted by Crippen LogP contribution is 2.25. The fourth-order valence-corrected chi connectivity index (χ4v) is 2.67. The summed E-state index contributed by atoms with van der Waals surface area (Å²) in [6.45, 7) is 3.83. The molecule has 1 N–H and O–H groups in total. The average molecular weight is 277 g/mol. The minimum atomic E-state index is 0.0308. The van der Waals surface area contributed by atoms with Crippen LogP contribution in [0.5, 0.6) is 0 Å². The molecule has 0 spiro atoms. The predicted octanol–water partition coefficient (Wildman–Crippen LogP) is 0.263. The molecule has 108 valence electrons. The van der Waals surface area contributed by atoms with E-state index in [0.717, 1.165) is 32.0 Å². The quantitative estimate of drug-likeness (QED) is 0.858. The van der Waals surface area contributed by atoms with E-state index in [-0.39, 0.29) is 18.4 Å². The van der Waals surface area contributed by atoms with Gasteiger partial charge in [-0.2, -0.15) is 0 Å². The van der Waals surface area contributed by atoms with E-state index in [1.54, 1.807) is 11.1 Å². The summed E-state index contributed by atoms with van der Waals surface area (Å²) in [6.07, 6.45) is 2.21. The van der Waals surface area contributed by atoms with Crippen LogP contribution in [0.15, 0.2) is 18.3 Å². The summed E-state index contributed by atoms with van der Waals surface area (Å²) >= 11 is 0. The number of anilines is 2. The van der Waals surface area contributed by atoms with Crippen LogP contribution in [0.2, 0.25) is 0 Å². The Kier molecular flexibility index (Phi) is 3.84. The van der Waals surface area contributed by atoms with Crippen molar-refractivity contribution in [3.05, 3.63) is 18.3 Å². The van der Waals surface area contributed by atoms with Crippen molar-refractivity contribution in [2.45, 2.75) is 6.42 Å². The Bertz CT molecular complexity index is 471. The van der Waals surface area contributed by atoms with Gasteiger partial charge in [-0.1, -0.05) is 0 Å². The van der Waals surface area contributed by atoms with Gasteiger partial charge in [0.15, 0.2) is 0 Å². The Morgan fingerprint density at radius 3 is 2.75 bits per heavy atom. The molecule has 6 heteroatoms. The maximum absolute atomic E-state index is 11.9. The van der Waals surface area contributed by atoms with Gasteiger partial charge in [0, 0.05) is 38.6 Å². The molecule has 0 bridgehead atoms. The first-order chi connectivity index (χ1) is 9.78. The number of aliphatic hydroxyl groups is 1. The zero-order valence-corrected chi connectivity index (χ0v) is 11.4. The number of aliphatic hydroxyl groups excluding tert-OH is 1. The molecule has 1 atom stereocenters. The highest BCUT2D eigenvalue weighted by Gasteiger charge is 2.30. The average Bonchev–Trinajstić information content (AvgIpc) is 2.89. The lowest BCUT2D eigenvalue weighted by Crippen LogP contribution is -2.36. The zero-order valence-electron chi connectivity index (χ0n) is 11.4. The van der Waals surface area contributed by atoms with Gasteiger partial charge in [-0.15, -0.1) is 0 Å². The number of carbonyl (C=O) groups excluding carboxylic acids is 1. The monoisotopic (exact) mass is 277 g/mol. The lowest BCUT2D eigenvalue weighted by molar-refractivity contribution is -0.117. The Morgan fingerprint density at radius 1 is 1.35 bits per heavy atom. The minimum absolute atomic E-state index is 0.0308. The molecule has 0 saturated carbocycles. The third-order valence-electron chi connectivity index (χ3n) is 3.85. The highest BCUT2D eigenvalue weighted by molar-refractivity contribution is 5.94. The van der Waals surface area contributed by atoms with Crippen molar-refractivity contribution in [3.8, 4) is 0 Å². The minimum Gasteiger partial charge on any atom is -0.396 e. The lowest BCUT2D eigenvalue weighted by Gasteiger charge is -2.28. The first-order valence-corrected chi connectivity index (χ1v) is 6.98. The first-order valence-electron chi connectivity index (χ1n) is 6.98. The molecule has 6 nitrogen and oxygen atoms in total. The summed E-state index contributed by atoms with van der Waals surface area (Å²) in [5.41, 5.74) is 1.06. The summed E-state index contributed by atoms with van der Waals surface area (Å²) in [7, 11) is 0. The number of rotatable bonds is 3. The molecule has 2 aliphatic rings. The molecule has 3 rings (SSSR count). The molecule has 0 aliphatic carbocycles. The number of hydrogen-bond donors (Lipinski definition) is 1. The Labute approximate surface area is 118 Å². The SMILES string of the molecule is O=C1CC(CO)CN1c1ccc(N2CCOCC2)cn1. The van der Waals surface area contributed by atoms with Gasteiger partial charge >= 0.3 is 0 Å². The second kappa shape index (κ2) is 5.76. The Hall–Kier alpha value is -1.66. The van der Waals surface area contributed by atoms with Gasteiger partial charge in [-0.25, -0.2) is 4.98 Å². The molecule has 2 fully saturated rings. The van der Waals surface area contributed by atoms with Crippen LogP contribution in [0.25, 0.3) is 0 Å². The van der Waals surface area contributed by atoms with E-state index in [9.17, 15) is 4.79 Å². The van der Waals surface area contributed by atoms with Crippen molar-refractivity contribution in [1.82, 2.24) is 4.98 Å². The number of hydrogen-bond acceptors (Lipinski definition) is 5. The number of aromatic nitrogens is 1. The highest BCUT2D eigenvalue weighted by atomic mass is 16.5. The van der Waals surface area contributed by atoms with Crippen LogP contribution in [0, 0.1) is 5.92 Å².